The smallest absolute Gasteiger partial charge is 0.139 e. The number of amidine groups is 1. The number of halogens is 1. The molecule has 158 valence electrons. The lowest BCUT2D eigenvalue weighted by atomic mass is 10.1. The van der Waals surface area contributed by atoms with E-state index in [0.29, 0.717) is 0 Å². The van der Waals surface area contributed by atoms with E-state index < -0.39 is 0 Å². The van der Waals surface area contributed by atoms with Crippen molar-refractivity contribution in [2.45, 2.75) is 12.3 Å². The zero-order valence-corrected chi connectivity index (χ0v) is 17.7. The summed E-state index contributed by atoms with van der Waals surface area (Å²) in [7, 11) is 0. The maximum atomic E-state index is 6.21. The predicted molar refractivity (Wildman–Crippen MR) is 119 cm³/mol. The summed E-state index contributed by atoms with van der Waals surface area (Å²) in [5.74, 6) is 1.01. The van der Waals surface area contributed by atoms with Gasteiger partial charge >= 0.3 is 0 Å². The zero-order valence-electron chi connectivity index (χ0n) is 17.0. The van der Waals surface area contributed by atoms with Crippen LogP contribution in [0.2, 0.25) is 5.02 Å². The van der Waals surface area contributed by atoms with Crippen LogP contribution in [-0.2, 0) is 9.47 Å². The van der Waals surface area contributed by atoms with Crippen molar-refractivity contribution in [1.82, 2.24) is 9.80 Å². The maximum absolute atomic E-state index is 6.21. The Kier molecular flexibility index (Phi) is 6.02. The van der Waals surface area contributed by atoms with Gasteiger partial charge in [0.05, 0.1) is 26.4 Å². The van der Waals surface area contributed by atoms with Crippen LogP contribution in [0.15, 0.2) is 59.6 Å². The van der Waals surface area contributed by atoms with Crippen molar-refractivity contribution in [1.29, 1.82) is 0 Å². The average Bonchev–Trinajstić information content (AvgIpc) is 3.22. The van der Waals surface area contributed by atoms with Crippen molar-refractivity contribution in [3.8, 4) is 0 Å². The van der Waals surface area contributed by atoms with Crippen molar-refractivity contribution in [2.24, 2.45) is 4.99 Å². The second kappa shape index (κ2) is 9.04. The van der Waals surface area contributed by atoms with E-state index in [-0.39, 0.29) is 12.3 Å². The molecule has 0 aliphatic carbocycles. The number of hydrogen-bond donors (Lipinski definition) is 0. The first-order valence-corrected chi connectivity index (χ1v) is 11.0. The Morgan fingerprint density at radius 2 is 1.37 bits per heavy atom. The highest BCUT2D eigenvalue weighted by Crippen LogP contribution is 2.33. The van der Waals surface area contributed by atoms with Crippen molar-refractivity contribution in [2.75, 3.05) is 57.5 Å². The van der Waals surface area contributed by atoms with E-state index in [4.69, 9.17) is 26.1 Å². The predicted octanol–water partition coefficient (Wildman–Crippen LogP) is 2.92. The topological polar surface area (TPSA) is 40.5 Å². The van der Waals surface area contributed by atoms with E-state index in [9.17, 15) is 0 Å². The largest absolute Gasteiger partial charge is 0.379 e. The van der Waals surface area contributed by atoms with Gasteiger partial charge < -0.3 is 14.4 Å². The third kappa shape index (κ3) is 3.98. The summed E-state index contributed by atoms with van der Waals surface area (Å²) in [6.45, 7) is 6.59. The van der Waals surface area contributed by atoms with Crippen LogP contribution in [-0.4, -0.2) is 80.6 Å². The minimum Gasteiger partial charge on any atom is -0.379 e. The molecule has 3 aliphatic rings. The molecule has 0 amide bonds. The highest BCUT2D eigenvalue weighted by molar-refractivity contribution is 6.30. The first-order chi connectivity index (χ1) is 14.8. The summed E-state index contributed by atoms with van der Waals surface area (Å²) in [6.07, 6.45) is 0.140. The van der Waals surface area contributed by atoms with E-state index in [0.717, 1.165) is 74.7 Å². The fourth-order valence-electron chi connectivity index (χ4n) is 4.50. The molecule has 6 nitrogen and oxygen atoms in total. The Labute approximate surface area is 182 Å². The van der Waals surface area contributed by atoms with Crippen LogP contribution >= 0.6 is 11.6 Å². The summed E-state index contributed by atoms with van der Waals surface area (Å²) in [6, 6.07) is 18.6. The van der Waals surface area contributed by atoms with Gasteiger partial charge in [-0.2, -0.15) is 0 Å². The minimum absolute atomic E-state index is 0.0397. The quantitative estimate of drug-likeness (QED) is 0.751. The fraction of sp³-hybridized carbons (Fsp3) is 0.435. The van der Waals surface area contributed by atoms with Crippen LogP contribution in [0.3, 0.4) is 0 Å². The summed E-state index contributed by atoms with van der Waals surface area (Å²) < 4.78 is 11.3. The molecule has 30 heavy (non-hydrogen) atoms. The Morgan fingerprint density at radius 3 is 2.00 bits per heavy atom. The molecule has 3 heterocycles. The molecule has 0 bridgehead atoms. The third-order valence-corrected chi connectivity index (χ3v) is 6.24. The summed E-state index contributed by atoms with van der Waals surface area (Å²) >= 11 is 6.21. The molecule has 2 aromatic rings. The first kappa shape index (κ1) is 20.0. The highest BCUT2D eigenvalue weighted by Gasteiger charge is 2.44. The number of nitrogens with zero attached hydrogens (tertiary/aromatic N) is 4. The number of aliphatic imine (C=N–C) groups is 1. The van der Waals surface area contributed by atoms with Crippen LogP contribution in [0, 0.1) is 0 Å². The van der Waals surface area contributed by atoms with Gasteiger partial charge in [0.2, 0.25) is 0 Å². The minimum atomic E-state index is 0.0397. The van der Waals surface area contributed by atoms with E-state index in [1.54, 1.807) is 0 Å². The van der Waals surface area contributed by atoms with E-state index >= 15 is 0 Å². The van der Waals surface area contributed by atoms with Gasteiger partial charge in [-0.15, -0.1) is 0 Å². The number of benzene rings is 2. The van der Waals surface area contributed by atoms with E-state index in [2.05, 4.69) is 51.1 Å². The van der Waals surface area contributed by atoms with Gasteiger partial charge in [0.25, 0.3) is 0 Å². The van der Waals surface area contributed by atoms with Gasteiger partial charge in [-0.1, -0.05) is 41.9 Å². The molecular weight excluding hydrogens is 400 g/mol. The lowest BCUT2D eigenvalue weighted by molar-refractivity contribution is -0.0273. The van der Waals surface area contributed by atoms with Crippen LogP contribution in [0.5, 0.6) is 0 Å². The molecule has 0 unspecified atom stereocenters. The molecule has 2 atom stereocenters. The number of hydrogen-bond acceptors (Lipinski definition) is 6. The number of rotatable bonds is 4. The SMILES string of the molecule is Clc1ccc(N2C(c3ccccc3)=N[C@H](N3CCOCC3)[C@@H]2N2CCOCC2)cc1. The van der Waals surface area contributed by atoms with Gasteiger partial charge in [-0.3, -0.25) is 9.80 Å². The Hall–Kier alpha value is -1.96. The Morgan fingerprint density at radius 1 is 0.767 bits per heavy atom. The third-order valence-electron chi connectivity index (χ3n) is 5.99. The standard InChI is InChI=1S/C23H27ClN4O2/c24-19-6-8-20(9-7-19)28-21(18-4-2-1-3-5-18)25-22(26-10-14-29-15-11-26)23(28)27-12-16-30-17-13-27/h1-9,22-23H,10-17H2/t22-,23-/m1/s1. The van der Waals surface area contributed by atoms with Gasteiger partial charge in [0.15, 0.2) is 0 Å². The number of ether oxygens (including phenoxy) is 2. The van der Waals surface area contributed by atoms with Gasteiger partial charge in [-0.05, 0) is 24.3 Å². The molecule has 3 aliphatic heterocycles. The van der Waals surface area contributed by atoms with Crippen molar-refractivity contribution >= 4 is 23.1 Å². The Bertz CT molecular complexity index is 865. The van der Waals surface area contributed by atoms with Gasteiger partial charge in [0, 0.05) is 42.5 Å². The van der Waals surface area contributed by atoms with Crippen molar-refractivity contribution in [3.05, 3.63) is 65.2 Å². The van der Waals surface area contributed by atoms with Crippen molar-refractivity contribution < 1.29 is 9.47 Å². The maximum Gasteiger partial charge on any atom is 0.139 e. The van der Waals surface area contributed by atoms with Crippen LogP contribution in [0.1, 0.15) is 5.56 Å². The van der Waals surface area contributed by atoms with Gasteiger partial charge in [0.1, 0.15) is 18.2 Å². The molecular formula is C23H27ClN4O2. The van der Waals surface area contributed by atoms with E-state index in [1.165, 1.54) is 0 Å². The van der Waals surface area contributed by atoms with Gasteiger partial charge in [-0.25, -0.2) is 4.99 Å². The summed E-state index contributed by atoms with van der Waals surface area (Å²) in [4.78, 5) is 12.7. The Balaban J connectivity index is 1.59. The molecule has 0 saturated carbocycles. The monoisotopic (exact) mass is 426 g/mol. The molecule has 0 aromatic heterocycles. The second-order valence-electron chi connectivity index (χ2n) is 7.79. The van der Waals surface area contributed by atoms with Crippen LogP contribution < -0.4 is 4.90 Å². The lowest BCUT2D eigenvalue weighted by Crippen LogP contribution is -2.60. The fourth-order valence-corrected chi connectivity index (χ4v) is 4.62. The number of morpholine rings is 2. The average molecular weight is 427 g/mol. The summed E-state index contributed by atoms with van der Waals surface area (Å²) in [5.41, 5.74) is 2.23. The van der Waals surface area contributed by atoms with Crippen LogP contribution in [0.4, 0.5) is 5.69 Å². The molecule has 7 heteroatoms. The van der Waals surface area contributed by atoms with Crippen LogP contribution in [0.25, 0.3) is 0 Å². The molecule has 5 rings (SSSR count). The highest BCUT2D eigenvalue weighted by atomic mass is 35.5. The van der Waals surface area contributed by atoms with Crippen molar-refractivity contribution in [3.63, 3.8) is 0 Å². The first-order valence-electron chi connectivity index (χ1n) is 10.6. The second-order valence-corrected chi connectivity index (χ2v) is 8.23. The molecule has 0 spiro atoms. The molecule has 2 saturated heterocycles. The molecule has 2 fully saturated rings. The molecule has 0 N–H and O–H groups in total. The lowest BCUT2D eigenvalue weighted by Gasteiger charge is -2.43. The molecule has 0 radical (unpaired) electrons. The molecule has 2 aromatic carbocycles. The van der Waals surface area contributed by atoms with E-state index in [1.807, 2.05) is 18.2 Å². The zero-order chi connectivity index (χ0) is 20.3. The summed E-state index contributed by atoms with van der Waals surface area (Å²) in [5, 5.41) is 0.740. The normalized spacial score (nSPS) is 26.0. The number of anilines is 1.